The molecule has 0 N–H and O–H groups in total. The molecule has 194 valence electrons. The lowest BCUT2D eigenvalue weighted by molar-refractivity contribution is -0.119. The van der Waals surface area contributed by atoms with Gasteiger partial charge >= 0.3 is 0 Å². The van der Waals surface area contributed by atoms with Crippen LogP contribution in [0.3, 0.4) is 0 Å². The molecule has 5 rings (SSSR count). The van der Waals surface area contributed by atoms with Crippen LogP contribution in [-0.4, -0.2) is 34.4 Å². The summed E-state index contributed by atoms with van der Waals surface area (Å²) in [4.78, 5) is 31.0. The molecular weight excluding hydrogens is 524 g/mol. The van der Waals surface area contributed by atoms with E-state index in [0.717, 1.165) is 29.8 Å². The molecule has 2 amide bonds. The third kappa shape index (κ3) is 5.06. The maximum Gasteiger partial charge on any atom is 0.254 e. The number of amides is 2. The number of unbranched alkanes of at least 4 members (excludes halogenated alkanes) is 1. The number of hydrogen-bond acceptors (Lipinski definition) is 2. The normalized spacial score (nSPS) is 14.1. The second kappa shape index (κ2) is 11.0. The van der Waals surface area contributed by atoms with Crippen molar-refractivity contribution in [2.75, 3.05) is 18.0 Å². The van der Waals surface area contributed by atoms with Gasteiger partial charge in [0, 0.05) is 28.4 Å². The molecule has 0 fully saturated rings. The van der Waals surface area contributed by atoms with Crippen molar-refractivity contribution in [2.45, 2.75) is 25.8 Å². The number of anilines is 1. The highest BCUT2D eigenvalue weighted by atomic mass is 35.5. The Morgan fingerprint density at radius 2 is 1.61 bits per heavy atom. The molecule has 8 heteroatoms. The van der Waals surface area contributed by atoms with Crippen LogP contribution in [0.1, 0.15) is 47.4 Å². The van der Waals surface area contributed by atoms with Crippen LogP contribution in [-0.2, 0) is 4.79 Å². The van der Waals surface area contributed by atoms with Crippen LogP contribution in [0.25, 0.3) is 5.69 Å². The van der Waals surface area contributed by atoms with Crippen molar-refractivity contribution in [1.82, 2.24) is 9.47 Å². The molecule has 0 radical (unpaired) electrons. The smallest absolute Gasteiger partial charge is 0.254 e. The van der Waals surface area contributed by atoms with E-state index in [2.05, 4.69) is 0 Å². The Kier molecular flexibility index (Phi) is 7.54. The average molecular weight is 550 g/mol. The Bertz CT molecular complexity index is 1460. The van der Waals surface area contributed by atoms with Crippen LogP contribution < -0.4 is 4.90 Å². The SMILES string of the molecule is CCCCN(CC(=O)N1c2ccccc2-n2cccc2C1c1ccc(F)cc1)C(=O)c1cc(Cl)cc(Cl)c1. The van der Waals surface area contributed by atoms with E-state index >= 15 is 0 Å². The van der Waals surface area contributed by atoms with Crippen LogP contribution in [0, 0.1) is 5.82 Å². The molecular formula is C30H26Cl2FN3O2. The number of nitrogens with zero attached hydrogens (tertiary/aromatic N) is 3. The number of rotatable bonds is 7. The summed E-state index contributed by atoms with van der Waals surface area (Å²) in [6.45, 7) is 2.29. The van der Waals surface area contributed by atoms with Crippen LogP contribution >= 0.6 is 23.2 Å². The highest BCUT2D eigenvalue weighted by Crippen LogP contribution is 2.42. The first-order valence-electron chi connectivity index (χ1n) is 12.5. The standard InChI is InChI=1S/C30H26Cl2FN3O2/c1-2-3-14-34(30(38)21-16-22(31)18-23(32)17-21)19-28(37)36-26-8-5-4-7-25(26)35-15-6-9-27(35)29(36)20-10-12-24(33)13-11-20/h4-13,15-18,29H,2-3,14,19H2,1H3. The van der Waals surface area contributed by atoms with E-state index in [0.29, 0.717) is 27.8 Å². The second-order valence-corrected chi connectivity index (χ2v) is 10.1. The van der Waals surface area contributed by atoms with Gasteiger partial charge in [-0.3, -0.25) is 14.5 Å². The van der Waals surface area contributed by atoms with Crippen molar-refractivity contribution in [1.29, 1.82) is 0 Å². The number of fused-ring (bicyclic) bond motifs is 3. The molecule has 5 nitrogen and oxygen atoms in total. The summed E-state index contributed by atoms with van der Waals surface area (Å²) in [5.74, 6) is -0.922. The highest BCUT2D eigenvalue weighted by molar-refractivity contribution is 6.35. The first-order chi connectivity index (χ1) is 18.4. The van der Waals surface area contributed by atoms with Crippen molar-refractivity contribution >= 4 is 40.7 Å². The lowest BCUT2D eigenvalue weighted by atomic mass is 9.97. The monoisotopic (exact) mass is 549 g/mol. The van der Waals surface area contributed by atoms with Crippen LogP contribution in [0.4, 0.5) is 10.1 Å². The molecule has 1 aromatic heterocycles. The number of hydrogen-bond donors (Lipinski definition) is 0. The zero-order valence-corrected chi connectivity index (χ0v) is 22.3. The Morgan fingerprint density at radius 3 is 2.29 bits per heavy atom. The van der Waals surface area contributed by atoms with Gasteiger partial charge in [0.15, 0.2) is 0 Å². The van der Waals surface area contributed by atoms with Crippen molar-refractivity contribution in [2.24, 2.45) is 0 Å². The molecule has 0 saturated heterocycles. The number of carbonyl (C=O) groups excluding carboxylic acids is 2. The Hall–Kier alpha value is -3.61. The van der Waals surface area contributed by atoms with E-state index in [9.17, 15) is 14.0 Å². The second-order valence-electron chi connectivity index (χ2n) is 9.25. The minimum atomic E-state index is -0.503. The van der Waals surface area contributed by atoms with Gasteiger partial charge in [0.2, 0.25) is 5.91 Å². The predicted molar refractivity (Wildman–Crippen MR) is 149 cm³/mol. The molecule has 1 unspecified atom stereocenters. The minimum Gasteiger partial charge on any atom is -0.329 e. The third-order valence-corrected chi connectivity index (χ3v) is 7.11. The van der Waals surface area contributed by atoms with E-state index < -0.39 is 6.04 Å². The van der Waals surface area contributed by atoms with Gasteiger partial charge in [-0.1, -0.05) is 60.8 Å². The minimum absolute atomic E-state index is 0.143. The van der Waals surface area contributed by atoms with E-state index in [1.807, 2.05) is 54.1 Å². The molecule has 38 heavy (non-hydrogen) atoms. The highest BCUT2D eigenvalue weighted by Gasteiger charge is 2.37. The largest absolute Gasteiger partial charge is 0.329 e. The zero-order chi connectivity index (χ0) is 26.8. The summed E-state index contributed by atoms with van der Waals surface area (Å²) in [5.41, 5.74) is 3.53. The van der Waals surface area contributed by atoms with Gasteiger partial charge in [-0.25, -0.2) is 4.39 Å². The molecule has 1 aliphatic rings. The number of carbonyl (C=O) groups is 2. The molecule has 0 saturated carbocycles. The first kappa shape index (κ1) is 26.0. The number of para-hydroxylation sites is 2. The molecule has 1 atom stereocenters. The van der Waals surface area contributed by atoms with Crippen molar-refractivity contribution in [3.63, 3.8) is 0 Å². The molecule has 1 aliphatic heterocycles. The molecule has 3 aromatic carbocycles. The van der Waals surface area contributed by atoms with Gasteiger partial charge < -0.3 is 9.47 Å². The predicted octanol–water partition coefficient (Wildman–Crippen LogP) is 7.30. The fourth-order valence-corrected chi connectivity index (χ4v) is 5.45. The van der Waals surface area contributed by atoms with E-state index in [-0.39, 0.29) is 24.2 Å². The Labute approximate surface area is 231 Å². The third-order valence-electron chi connectivity index (χ3n) is 6.68. The zero-order valence-electron chi connectivity index (χ0n) is 20.8. The van der Waals surface area contributed by atoms with Gasteiger partial charge in [-0.15, -0.1) is 0 Å². The summed E-state index contributed by atoms with van der Waals surface area (Å²) in [6, 6.07) is 21.9. The van der Waals surface area contributed by atoms with Crippen molar-refractivity contribution in [3.05, 3.63) is 118 Å². The summed E-state index contributed by atoms with van der Waals surface area (Å²) in [5, 5.41) is 0.703. The molecule has 0 aliphatic carbocycles. The summed E-state index contributed by atoms with van der Waals surface area (Å²) in [6.07, 6.45) is 3.53. The van der Waals surface area contributed by atoms with Gasteiger partial charge in [-0.05, 0) is 66.6 Å². The van der Waals surface area contributed by atoms with Crippen molar-refractivity contribution in [3.8, 4) is 5.69 Å². The molecule has 0 bridgehead atoms. The van der Waals surface area contributed by atoms with Gasteiger partial charge in [-0.2, -0.15) is 0 Å². The van der Waals surface area contributed by atoms with E-state index in [1.54, 1.807) is 40.1 Å². The maximum absolute atomic E-state index is 14.2. The van der Waals surface area contributed by atoms with E-state index in [1.165, 1.54) is 12.1 Å². The van der Waals surface area contributed by atoms with Crippen LogP contribution in [0.5, 0.6) is 0 Å². The lowest BCUT2D eigenvalue weighted by Crippen LogP contribution is -2.47. The lowest BCUT2D eigenvalue weighted by Gasteiger charge is -2.39. The van der Waals surface area contributed by atoms with Gasteiger partial charge in [0.05, 0.1) is 17.1 Å². The van der Waals surface area contributed by atoms with Crippen molar-refractivity contribution < 1.29 is 14.0 Å². The number of aromatic nitrogens is 1. The summed E-state index contributed by atoms with van der Waals surface area (Å²) < 4.78 is 15.9. The van der Waals surface area contributed by atoms with Crippen LogP contribution in [0.15, 0.2) is 85.1 Å². The first-order valence-corrected chi connectivity index (χ1v) is 13.2. The number of benzene rings is 3. The fraction of sp³-hybridized carbons (Fsp3) is 0.200. The summed E-state index contributed by atoms with van der Waals surface area (Å²) >= 11 is 12.3. The van der Waals surface area contributed by atoms with Crippen LogP contribution in [0.2, 0.25) is 10.0 Å². The maximum atomic E-state index is 14.2. The van der Waals surface area contributed by atoms with E-state index in [4.69, 9.17) is 23.2 Å². The topological polar surface area (TPSA) is 45.6 Å². The fourth-order valence-electron chi connectivity index (χ4n) is 4.92. The average Bonchev–Trinajstić information content (AvgIpc) is 3.40. The molecule has 4 aromatic rings. The van der Waals surface area contributed by atoms with Gasteiger partial charge in [0.1, 0.15) is 18.4 Å². The molecule has 2 heterocycles. The summed E-state index contributed by atoms with van der Waals surface area (Å²) in [7, 11) is 0. The van der Waals surface area contributed by atoms with Gasteiger partial charge in [0.25, 0.3) is 5.91 Å². The quantitative estimate of drug-likeness (QED) is 0.242. The Balaban J connectivity index is 1.55. The number of halogens is 3. The Morgan fingerprint density at radius 1 is 0.921 bits per heavy atom. The molecule has 0 spiro atoms.